The largest absolute Gasteiger partial charge is 0.0786 e. The molecule has 0 aliphatic heterocycles. The highest BCUT2D eigenvalue weighted by molar-refractivity contribution is 9.11. The van der Waals surface area contributed by atoms with Gasteiger partial charge in [0.1, 0.15) is 0 Å². The summed E-state index contributed by atoms with van der Waals surface area (Å²) in [7, 11) is 0. The van der Waals surface area contributed by atoms with Crippen molar-refractivity contribution in [3.63, 3.8) is 0 Å². The maximum Gasteiger partial charge on any atom is 0.0655 e. The van der Waals surface area contributed by atoms with E-state index in [1.165, 1.54) is 26.7 Å². The van der Waals surface area contributed by atoms with Gasteiger partial charge in [0.2, 0.25) is 0 Å². The molecule has 2 rings (SSSR count). The Kier molecular flexibility index (Phi) is 5.32. The standard InChI is InChI=1S/C19H22Br2/c1-5-19(3,4)15-11-9-14(10-12-15)18(21)16-8-6-7-13(2)17(16)20/h6-12,18H,5H2,1-4H3. The van der Waals surface area contributed by atoms with Crippen LogP contribution in [0.25, 0.3) is 0 Å². The summed E-state index contributed by atoms with van der Waals surface area (Å²) >= 11 is 7.55. The molecule has 21 heavy (non-hydrogen) atoms. The summed E-state index contributed by atoms with van der Waals surface area (Å²) in [5.74, 6) is 0. The molecule has 0 nitrogen and oxygen atoms in total. The third-order valence-corrected chi connectivity index (χ3v) is 6.47. The van der Waals surface area contributed by atoms with E-state index in [0.717, 1.165) is 6.42 Å². The minimum atomic E-state index is 0.213. The van der Waals surface area contributed by atoms with Gasteiger partial charge < -0.3 is 0 Å². The summed E-state index contributed by atoms with van der Waals surface area (Å²) < 4.78 is 1.19. The lowest BCUT2D eigenvalue weighted by atomic mass is 9.82. The van der Waals surface area contributed by atoms with Crippen LogP contribution in [-0.2, 0) is 5.41 Å². The van der Waals surface area contributed by atoms with E-state index in [2.05, 4.69) is 102 Å². The molecule has 0 aromatic heterocycles. The van der Waals surface area contributed by atoms with Crippen LogP contribution >= 0.6 is 31.9 Å². The van der Waals surface area contributed by atoms with Crippen molar-refractivity contribution in [2.75, 3.05) is 0 Å². The smallest absolute Gasteiger partial charge is 0.0655 e. The van der Waals surface area contributed by atoms with Crippen LogP contribution in [-0.4, -0.2) is 0 Å². The first-order chi connectivity index (χ1) is 9.86. The van der Waals surface area contributed by atoms with Crippen molar-refractivity contribution in [3.8, 4) is 0 Å². The van der Waals surface area contributed by atoms with Gasteiger partial charge in [0.15, 0.2) is 0 Å². The van der Waals surface area contributed by atoms with E-state index >= 15 is 0 Å². The molecule has 2 heteroatoms. The molecule has 1 unspecified atom stereocenters. The molecular formula is C19H22Br2. The van der Waals surface area contributed by atoms with Gasteiger partial charge in [-0.3, -0.25) is 0 Å². The van der Waals surface area contributed by atoms with Crippen LogP contribution in [0, 0.1) is 6.92 Å². The molecule has 0 heterocycles. The first-order valence-corrected chi connectivity index (χ1v) is 9.07. The Hall–Kier alpha value is -0.600. The van der Waals surface area contributed by atoms with E-state index in [-0.39, 0.29) is 10.2 Å². The molecule has 0 spiro atoms. The molecule has 0 aliphatic rings. The molecule has 0 saturated heterocycles. The fourth-order valence-corrected chi connectivity index (χ4v) is 3.84. The van der Waals surface area contributed by atoms with Crippen molar-refractivity contribution in [1.29, 1.82) is 0 Å². The maximum atomic E-state index is 3.84. The van der Waals surface area contributed by atoms with Crippen molar-refractivity contribution >= 4 is 31.9 Å². The number of halogens is 2. The Balaban J connectivity index is 2.32. The predicted molar refractivity (Wildman–Crippen MR) is 99.4 cm³/mol. The van der Waals surface area contributed by atoms with Crippen molar-refractivity contribution in [3.05, 3.63) is 69.2 Å². The van der Waals surface area contributed by atoms with Crippen LogP contribution in [0.4, 0.5) is 0 Å². The zero-order chi connectivity index (χ0) is 15.6. The fourth-order valence-electron chi connectivity index (χ4n) is 2.35. The van der Waals surface area contributed by atoms with Crippen LogP contribution in [0.3, 0.4) is 0 Å². The fraction of sp³-hybridized carbons (Fsp3) is 0.368. The van der Waals surface area contributed by atoms with E-state index in [1.54, 1.807) is 0 Å². The molecule has 0 fully saturated rings. The predicted octanol–water partition coefficient (Wildman–Crippen LogP) is 6.93. The lowest BCUT2D eigenvalue weighted by Crippen LogP contribution is -2.15. The third-order valence-electron chi connectivity index (χ3n) is 4.36. The Morgan fingerprint density at radius 1 is 1.05 bits per heavy atom. The lowest BCUT2D eigenvalue weighted by molar-refractivity contribution is 0.506. The molecular weight excluding hydrogens is 388 g/mol. The van der Waals surface area contributed by atoms with Gasteiger partial charge in [-0.15, -0.1) is 0 Å². The van der Waals surface area contributed by atoms with E-state index in [0.29, 0.717) is 0 Å². The maximum absolute atomic E-state index is 3.84. The zero-order valence-electron chi connectivity index (χ0n) is 13.1. The monoisotopic (exact) mass is 408 g/mol. The molecule has 0 aliphatic carbocycles. The van der Waals surface area contributed by atoms with Gasteiger partial charge in [-0.2, -0.15) is 0 Å². The molecule has 1 atom stereocenters. The van der Waals surface area contributed by atoms with E-state index in [1.807, 2.05) is 0 Å². The summed E-state index contributed by atoms with van der Waals surface area (Å²) in [5, 5.41) is 0. The Labute approximate surface area is 145 Å². The highest BCUT2D eigenvalue weighted by Gasteiger charge is 2.19. The summed E-state index contributed by atoms with van der Waals surface area (Å²) in [6.07, 6.45) is 1.15. The summed E-state index contributed by atoms with van der Waals surface area (Å²) in [6.45, 7) is 8.96. The first-order valence-electron chi connectivity index (χ1n) is 7.36. The number of hydrogen-bond acceptors (Lipinski definition) is 0. The minimum absolute atomic E-state index is 0.213. The summed E-state index contributed by atoms with van der Waals surface area (Å²) in [6, 6.07) is 15.4. The van der Waals surface area contributed by atoms with E-state index in [9.17, 15) is 0 Å². The molecule has 0 saturated carbocycles. The normalized spacial score (nSPS) is 13.2. The summed E-state index contributed by atoms with van der Waals surface area (Å²) in [4.78, 5) is 0.213. The molecule has 0 N–H and O–H groups in total. The first kappa shape index (κ1) is 16.8. The van der Waals surface area contributed by atoms with Crippen molar-refractivity contribution in [2.45, 2.75) is 44.4 Å². The number of benzene rings is 2. The second-order valence-corrected chi connectivity index (χ2v) is 7.91. The average molecular weight is 410 g/mol. The van der Waals surface area contributed by atoms with Crippen LogP contribution in [0.1, 0.15) is 54.3 Å². The number of aryl methyl sites for hydroxylation is 1. The molecule has 112 valence electrons. The third kappa shape index (κ3) is 3.60. The Morgan fingerprint density at radius 2 is 1.67 bits per heavy atom. The second kappa shape index (κ2) is 6.66. The Bertz CT molecular complexity index is 612. The summed E-state index contributed by atoms with van der Waals surface area (Å²) in [5.41, 5.74) is 5.47. The Morgan fingerprint density at radius 3 is 2.24 bits per heavy atom. The molecule has 2 aromatic carbocycles. The van der Waals surface area contributed by atoms with Crippen LogP contribution < -0.4 is 0 Å². The van der Waals surface area contributed by atoms with Gasteiger partial charge in [-0.1, -0.05) is 95.1 Å². The second-order valence-electron chi connectivity index (χ2n) is 6.20. The molecule has 0 radical (unpaired) electrons. The SMILES string of the molecule is CCC(C)(C)c1ccc(C(Br)c2cccc(C)c2Br)cc1. The number of alkyl halides is 1. The van der Waals surface area contributed by atoms with Gasteiger partial charge >= 0.3 is 0 Å². The molecule has 0 amide bonds. The quantitative estimate of drug-likeness (QED) is 0.480. The zero-order valence-corrected chi connectivity index (χ0v) is 16.3. The minimum Gasteiger partial charge on any atom is -0.0786 e. The van der Waals surface area contributed by atoms with Gasteiger partial charge in [0.25, 0.3) is 0 Å². The van der Waals surface area contributed by atoms with Crippen LogP contribution in [0.5, 0.6) is 0 Å². The van der Waals surface area contributed by atoms with Crippen molar-refractivity contribution < 1.29 is 0 Å². The number of rotatable bonds is 4. The van der Waals surface area contributed by atoms with E-state index in [4.69, 9.17) is 0 Å². The van der Waals surface area contributed by atoms with Crippen molar-refractivity contribution in [1.82, 2.24) is 0 Å². The van der Waals surface area contributed by atoms with Crippen LogP contribution in [0.15, 0.2) is 46.9 Å². The number of hydrogen-bond donors (Lipinski definition) is 0. The van der Waals surface area contributed by atoms with Gasteiger partial charge in [-0.25, -0.2) is 0 Å². The average Bonchev–Trinajstić information content (AvgIpc) is 2.49. The molecule has 2 aromatic rings. The highest BCUT2D eigenvalue weighted by Crippen LogP contribution is 2.37. The van der Waals surface area contributed by atoms with Gasteiger partial charge in [0.05, 0.1) is 4.83 Å². The molecule has 0 bridgehead atoms. The van der Waals surface area contributed by atoms with Gasteiger partial charge in [-0.05, 0) is 41.0 Å². The lowest BCUT2D eigenvalue weighted by Gasteiger charge is -2.24. The van der Waals surface area contributed by atoms with Crippen LogP contribution in [0.2, 0.25) is 0 Å². The van der Waals surface area contributed by atoms with Gasteiger partial charge in [0, 0.05) is 4.47 Å². The van der Waals surface area contributed by atoms with Crippen molar-refractivity contribution in [2.24, 2.45) is 0 Å². The topological polar surface area (TPSA) is 0 Å². The highest BCUT2D eigenvalue weighted by atomic mass is 79.9. The van der Waals surface area contributed by atoms with E-state index < -0.39 is 0 Å².